The second-order valence-corrected chi connectivity index (χ2v) is 5.45. The van der Waals surface area contributed by atoms with Crippen molar-refractivity contribution in [2.75, 3.05) is 6.54 Å². The average molecular weight is 368 g/mol. The Morgan fingerprint density at radius 3 is 2.31 bits per heavy atom. The molecular weight excluding hydrogens is 352 g/mol. The van der Waals surface area contributed by atoms with Gasteiger partial charge in [0.2, 0.25) is 5.91 Å². The molecule has 8 heteroatoms. The molecule has 0 aliphatic rings. The second-order valence-electron chi connectivity index (χ2n) is 5.45. The first-order valence-corrected chi connectivity index (χ1v) is 7.73. The van der Waals surface area contributed by atoms with Gasteiger partial charge in [-0.1, -0.05) is 24.3 Å². The van der Waals surface area contributed by atoms with Crippen molar-refractivity contribution in [1.82, 2.24) is 10.6 Å². The number of alkyl halides is 3. The Balaban J connectivity index is 1.83. The topological polar surface area (TPSA) is 58.2 Å². The van der Waals surface area contributed by atoms with Gasteiger partial charge in [-0.2, -0.15) is 13.2 Å². The molecular formula is C18H16F4N2O2. The van der Waals surface area contributed by atoms with Crippen molar-refractivity contribution in [3.63, 3.8) is 0 Å². The molecule has 4 nitrogen and oxygen atoms in total. The van der Waals surface area contributed by atoms with Crippen LogP contribution in [0.15, 0.2) is 48.5 Å². The lowest BCUT2D eigenvalue weighted by Crippen LogP contribution is -2.31. The van der Waals surface area contributed by atoms with Gasteiger partial charge in [0.1, 0.15) is 5.82 Å². The maximum Gasteiger partial charge on any atom is 0.416 e. The molecule has 2 amide bonds. The molecule has 0 saturated heterocycles. The molecule has 2 N–H and O–H groups in total. The van der Waals surface area contributed by atoms with Gasteiger partial charge in [0.05, 0.1) is 5.56 Å². The van der Waals surface area contributed by atoms with Gasteiger partial charge >= 0.3 is 6.18 Å². The number of hydrogen-bond donors (Lipinski definition) is 2. The molecule has 0 spiro atoms. The summed E-state index contributed by atoms with van der Waals surface area (Å²) in [6.07, 6.45) is -4.81. The highest BCUT2D eigenvalue weighted by atomic mass is 19.4. The van der Waals surface area contributed by atoms with E-state index in [-0.39, 0.29) is 31.0 Å². The first kappa shape index (κ1) is 19.4. The molecule has 0 aliphatic carbocycles. The number of halogens is 4. The Bertz CT molecular complexity index is 777. The smallest absolute Gasteiger partial charge is 0.352 e. The van der Waals surface area contributed by atoms with Crippen molar-refractivity contribution in [3.8, 4) is 0 Å². The zero-order valence-electron chi connectivity index (χ0n) is 13.6. The third kappa shape index (κ3) is 5.58. The van der Waals surface area contributed by atoms with Crippen molar-refractivity contribution in [2.45, 2.75) is 19.1 Å². The van der Waals surface area contributed by atoms with Crippen LogP contribution in [0.2, 0.25) is 0 Å². The maximum atomic E-state index is 13.0. The maximum absolute atomic E-state index is 13.0. The first-order valence-electron chi connectivity index (χ1n) is 7.73. The van der Waals surface area contributed by atoms with Gasteiger partial charge in [-0.05, 0) is 29.8 Å². The number of carbonyl (C=O) groups is 2. The average Bonchev–Trinajstić information content (AvgIpc) is 2.60. The number of hydrogen-bond acceptors (Lipinski definition) is 2. The van der Waals surface area contributed by atoms with E-state index in [1.807, 2.05) is 0 Å². The van der Waals surface area contributed by atoms with Crippen molar-refractivity contribution < 1.29 is 27.2 Å². The Kier molecular flexibility index (Phi) is 6.32. The van der Waals surface area contributed by atoms with E-state index in [0.29, 0.717) is 11.6 Å². The van der Waals surface area contributed by atoms with E-state index in [9.17, 15) is 27.2 Å². The molecule has 2 aromatic carbocycles. The molecule has 0 saturated carbocycles. The lowest BCUT2D eigenvalue weighted by atomic mass is 10.1. The first-order chi connectivity index (χ1) is 12.3. The third-order valence-electron chi connectivity index (χ3n) is 3.53. The lowest BCUT2D eigenvalue weighted by molar-refractivity contribution is -0.138. The minimum Gasteiger partial charge on any atom is -0.352 e. The van der Waals surface area contributed by atoms with Crippen LogP contribution in [0, 0.1) is 5.82 Å². The fourth-order valence-electron chi connectivity index (χ4n) is 2.23. The molecule has 0 radical (unpaired) electrons. The van der Waals surface area contributed by atoms with Gasteiger partial charge in [-0.3, -0.25) is 9.59 Å². The van der Waals surface area contributed by atoms with E-state index in [1.165, 1.54) is 0 Å². The fourth-order valence-corrected chi connectivity index (χ4v) is 2.23. The fraction of sp³-hybridized carbons (Fsp3) is 0.222. The van der Waals surface area contributed by atoms with E-state index in [1.54, 1.807) is 30.3 Å². The molecule has 0 atom stereocenters. The van der Waals surface area contributed by atoms with Gasteiger partial charge in [-0.25, -0.2) is 4.39 Å². The highest BCUT2D eigenvalue weighted by molar-refractivity contribution is 5.94. The van der Waals surface area contributed by atoms with Gasteiger partial charge in [0, 0.05) is 25.1 Å². The summed E-state index contributed by atoms with van der Waals surface area (Å²) in [5.74, 6) is -1.89. The highest BCUT2D eigenvalue weighted by Gasteiger charge is 2.33. The van der Waals surface area contributed by atoms with Crippen LogP contribution in [0.5, 0.6) is 0 Å². The van der Waals surface area contributed by atoms with Crippen LogP contribution in [0.25, 0.3) is 0 Å². The number of nitrogens with one attached hydrogen (secondary N) is 2. The summed E-state index contributed by atoms with van der Waals surface area (Å²) in [7, 11) is 0. The minimum atomic E-state index is -4.72. The van der Waals surface area contributed by atoms with Crippen molar-refractivity contribution >= 4 is 11.8 Å². The molecule has 138 valence electrons. The summed E-state index contributed by atoms with van der Waals surface area (Å²) in [4.78, 5) is 23.5. The van der Waals surface area contributed by atoms with Gasteiger partial charge in [-0.15, -0.1) is 0 Å². The minimum absolute atomic E-state index is 0.0368. The van der Waals surface area contributed by atoms with E-state index in [2.05, 4.69) is 10.6 Å². The molecule has 0 aliphatic heterocycles. The molecule has 0 fully saturated rings. The summed E-state index contributed by atoms with van der Waals surface area (Å²) in [6.45, 7) is -0.351. The van der Waals surface area contributed by atoms with Crippen LogP contribution in [-0.2, 0) is 17.5 Å². The summed E-state index contributed by atoms with van der Waals surface area (Å²) < 4.78 is 51.7. The van der Waals surface area contributed by atoms with Crippen LogP contribution in [0.4, 0.5) is 17.6 Å². The summed E-state index contributed by atoms with van der Waals surface area (Å²) in [6, 6.07) is 10.7. The zero-order chi connectivity index (χ0) is 19.2. The van der Waals surface area contributed by atoms with E-state index in [4.69, 9.17) is 0 Å². The van der Waals surface area contributed by atoms with Crippen LogP contribution in [0.3, 0.4) is 0 Å². The van der Waals surface area contributed by atoms with Crippen molar-refractivity contribution in [2.24, 2.45) is 0 Å². The Morgan fingerprint density at radius 1 is 0.962 bits per heavy atom. The summed E-state index contributed by atoms with van der Waals surface area (Å²) >= 11 is 0. The van der Waals surface area contributed by atoms with E-state index >= 15 is 0 Å². The molecule has 0 unspecified atom stereocenters. The molecule has 26 heavy (non-hydrogen) atoms. The monoisotopic (exact) mass is 368 g/mol. The number of carbonyl (C=O) groups excluding carboxylic acids is 2. The van der Waals surface area contributed by atoms with E-state index < -0.39 is 23.5 Å². The van der Waals surface area contributed by atoms with Crippen LogP contribution < -0.4 is 10.6 Å². The van der Waals surface area contributed by atoms with Crippen molar-refractivity contribution in [1.29, 1.82) is 0 Å². The van der Waals surface area contributed by atoms with Gasteiger partial charge < -0.3 is 10.6 Å². The molecule has 2 rings (SSSR count). The number of rotatable bonds is 6. The Hall–Kier alpha value is -2.90. The summed E-state index contributed by atoms with van der Waals surface area (Å²) in [5.41, 5.74) is -0.926. The van der Waals surface area contributed by atoms with E-state index in [0.717, 1.165) is 12.1 Å². The molecule has 0 aromatic heterocycles. The SMILES string of the molecule is O=C(CCNC(=O)c1ccccc1)NCc1ccc(F)cc1C(F)(F)F. The molecule has 0 heterocycles. The quantitative estimate of drug-likeness (QED) is 0.769. The van der Waals surface area contributed by atoms with Gasteiger partial charge in [0.25, 0.3) is 5.91 Å². The zero-order valence-corrected chi connectivity index (χ0v) is 13.6. The highest BCUT2D eigenvalue weighted by Crippen LogP contribution is 2.32. The number of amides is 2. The largest absolute Gasteiger partial charge is 0.416 e. The normalized spacial score (nSPS) is 11.1. The standard InChI is InChI=1S/C18H16F4N2O2/c19-14-7-6-13(15(10-14)18(20,21)22)11-24-16(25)8-9-23-17(26)12-4-2-1-3-5-12/h1-7,10H,8-9,11H2,(H,23,26)(H,24,25). The molecule has 2 aromatic rings. The Labute approximate surface area is 147 Å². The van der Waals surface area contributed by atoms with Crippen molar-refractivity contribution in [3.05, 3.63) is 71.0 Å². The summed E-state index contributed by atoms with van der Waals surface area (Å²) in [5, 5.41) is 4.87. The predicted octanol–water partition coefficient (Wildman–Crippen LogP) is 3.28. The van der Waals surface area contributed by atoms with Gasteiger partial charge in [0.15, 0.2) is 0 Å². The Morgan fingerprint density at radius 2 is 1.65 bits per heavy atom. The third-order valence-corrected chi connectivity index (χ3v) is 3.53. The molecule has 0 bridgehead atoms. The van der Waals surface area contributed by atoms with Crippen LogP contribution in [-0.4, -0.2) is 18.4 Å². The van der Waals surface area contributed by atoms with Crippen LogP contribution in [0.1, 0.15) is 27.9 Å². The second kappa shape index (κ2) is 8.46. The lowest BCUT2D eigenvalue weighted by Gasteiger charge is -2.13. The predicted molar refractivity (Wildman–Crippen MR) is 86.6 cm³/mol. The number of benzene rings is 2. The van der Waals surface area contributed by atoms with Crippen LogP contribution >= 0.6 is 0 Å².